The van der Waals surface area contributed by atoms with E-state index in [0.29, 0.717) is 5.56 Å². The molecule has 0 atom stereocenters. The highest BCUT2D eigenvalue weighted by Crippen LogP contribution is 2.25. The molecule has 0 spiro atoms. The second kappa shape index (κ2) is 5.06. The van der Waals surface area contributed by atoms with Gasteiger partial charge in [-0.25, -0.2) is 4.98 Å². The van der Waals surface area contributed by atoms with Crippen molar-refractivity contribution in [3.05, 3.63) is 64.6 Å². The van der Waals surface area contributed by atoms with E-state index in [1.54, 1.807) is 6.07 Å². The lowest BCUT2D eigenvalue weighted by molar-refractivity contribution is 0.100. The highest BCUT2D eigenvalue weighted by atomic mass is 79.9. The van der Waals surface area contributed by atoms with Gasteiger partial charge in [-0.2, -0.15) is 0 Å². The van der Waals surface area contributed by atoms with Crippen molar-refractivity contribution in [1.82, 2.24) is 4.98 Å². The number of hydrogen-bond acceptors (Lipinski definition) is 2. The summed E-state index contributed by atoms with van der Waals surface area (Å²) in [6, 6.07) is 17.0. The van der Waals surface area contributed by atoms with Crippen LogP contribution < -0.4 is 5.73 Å². The van der Waals surface area contributed by atoms with Gasteiger partial charge in [0.25, 0.3) is 0 Å². The first kappa shape index (κ1) is 12.8. The van der Waals surface area contributed by atoms with Gasteiger partial charge in [0.05, 0.1) is 16.8 Å². The number of primary amides is 1. The molecule has 0 radical (unpaired) electrons. The molecule has 0 aliphatic heterocycles. The molecule has 3 aromatic rings. The summed E-state index contributed by atoms with van der Waals surface area (Å²) in [6.07, 6.45) is 0. The number of fused-ring (bicyclic) bond motifs is 1. The Hall–Kier alpha value is -2.20. The summed E-state index contributed by atoms with van der Waals surface area (Å²) in [5.41, 5.74) is 8.42. The maximum Gasteiger partial charge on any atom is 0.249 e. The number of carbonyl (C=O) groups excluding carboxylic acids is 1. The molecule has 2 N–H and O–H groups in total. The van der Waals surface area contributed by atoms with E-state index in [0.717, 1.165) is 26.6 Å². The predicted octanol–water partition coefficient (Wildman–Crippen LogP) is 3.76. The van der Waals surface area contributed by atoms with E-state index >= 15 is 0 Å². The SMILES string of the molecule is NC(=O)c1cc(-c2ccc(Br)cc2)nc2ccccc12. The van der Waals surface area contributed by atoms with Crippen LogP contribution in [0.5, 0.6) is 0 Å². The number of para-hydroxylation sites is 1. The van der Waals surface area contributed by atoms with Crippen LogP contribution in [0.25, 0.3) is 22.2 Å². The van der Waals surface area contributed by atoms with E-state index in [2.05, 4.69) is 20.9 Å². The standard InChI is InChI=1S/C16H11BrN2O/c17-11-7-5-10(6-8-11)15-9-13(16(18)20)12-3-1-2-4-14(12)19-15/h1-9H,(H2,18,20). The first-order valence-electron chi connectivity index (χ1n) is 6.11. The van der Waals surface area contributed by atoms with E-state index in [1.807, 2.05) is 48.5 Å². The Balaban J connectivity index is 2.27. The van der Waals surface area contributed by atoms with Crippen molar-refractivity contribution < 1.29 is 4.79 Å². The number of amides is 1. The van der Waals surface area contributed by atoms with E-state index in [-0.39, 0.29) is 0 Å². The molecule has 0 bridgehead atoms. The van der Waals surface area contributed by atoms with Gasteiger partial charge in [0.15, 0.2) is 0 Å². The van der Waals surface area contributed by atoms with Crippen molar-refractivity contribution in [2.45, 2.75) is 0 Å². The number of carbonyl (C=O) groups is 1. The molecule has 98 valence electrons. The van der Waals surface area contributed by atoms with E-state index in [1.165, 1.54) is 0 Å². The highest BCUT2D eigenvalue weighted by molar-refractivity contribution is 9.10. The average Bonchev–Trinajstić information content (AvgIpc) is 2.46. The number of rotatable bonds is 2. The molecule has 1 aromatic heterocycles. The zero-order valence-corrected chi connectivity index (χ0v) is 12.1. The second-order valence-corrected chi connectivity index (χ2v) is 5.36. The fourth-order valence-corrected chi connectivity index (χ4v) is 2.41. The lowest BCUT2D eigenvalue weighted by Gasteiger charge is -2.07. The average molecular weight is 327 g/mol. The Morgan fingerprint density at radius 3 is 2.45 bits per heavy atom. The molecule has 20 heavy (non-hydrogen) atoms. The zero-order chi connectivity index (χ0) is 14.1. The number of halogens is 1. The van der Waals surface area contributed by atoms with Crippen LogP contribution in [0.2, 0.25) is 0 Å². The summed E-state index contributed by atoms with van der Waals surface area (Å²) in [5, 5.41) is 0.779. The Labute approximate surface area is 124 Å². The van der Waals surface area contributed by atoms with Crippen molar-refractivity contribution in [2.24, 2.45) is 5.73 Å². The number of benzene rings is 2. The fraction of sp³-hybridized carbons (Fsp3) is 0. The van der Waals surface area contributed by atoms with Crippen LogP contribution in [-0.2, 0) is 0 Å². The summed E-state index contributed by atoms with van der Waals surface area (Å²) >= 11 is 3.40. The fourth-order valence-electron chi connectivity index (χ4n) is 2.15. The monoisotopic (exact) mass is 326 g/mol. The Bertz CT molecular complexity index is 797. The molecule has 0 fully saturated rings. The van der Waals surface area contributed by atoms with Crippen molar-refractivity contribution in [1.29, 1.82) is 0 Å². The minimum atomic E-state index is -0.443. The number of hydrogen-bond donors (Lipinski definition) is 1. The van der Waals surface area contributed by atoms with Crippen molar-refractivity contribution >= 4 is 32.7 Å². The molecule has 0 aliphatic carbocycles. The Kier molecular flexibility index (Phi) is 3.24. The number of nitrogens with two attached hydrogens (primary N) is 1. The smallest absolute Gasteiger partial charge is 0.249 e. The molecule has 3 nitrogen and oxygen atoms in total. The van der Waals surface area contributed by atoms with Gasteiger partial charge in [-0.05, 0) is 24.3 Å². The van der Waals surface area contributed by atoms with Gasteiger partial charge in [0.1, 0.15) is 0 Å². The minimum Gasteiger partial charge on any atom is -0.366 e. The molecule has 3 rings (SSSR count). The lowest BCUT2D eigenvalue weighted by Crippen LogP contribution is -2.12. The van der Waals surface area contributed by atoms with Crippen molar-refractivity contribution in [3.63, 3.8) is 0 Å². The summed E-state index contributed by atoms with van der Waals surface area (Å²) in [7, 11) is 0. The third-order valence-electron chi connectivity index (χ3n) is 3.12. The summed E-state index contributed by atoms with van der Waals surface area (Å²) in [5.74, 6) is -0.443. The molecule has 0 aliphatic rings. The van der Waals surface area contributed by atoms with Crippen LogP contribution in [0.15, 0.2) is 59.1 Å². The van der Waals surface area contributed by atoms with E-state index < -0.39 is 5.91 Å². The first-order chi connectivity index (χ1) is 9.65. The molecule has 0 unspecified atom stereocenters. The number of aromatic nitrogens is 1. The van der Waals surface area contributed by atoms with Gasteiger partial charge in [-0.1, -0.05) is 46.3 Å². The van der Waals surface area contributed by atoms with Crippen LogP contribution in [0.4, 0.5) is 0 Å². The largest absolute Gasteiger partial charge is 0.366 e. The third-order valence-corrected chi connectivity index (χ3v) is 3.65. The molecule has 4 heteroatoms. The summed E-state index contributed by atoms with van der Waals surface area (Å²) in [6.45, 7) is 0. The number of pyridine rings is 1. The number of nitrogens with zero attached hydrogens (tertiary/aromatic N) is 1. The maximum atomic E-state index is 11.6. The maximum absolute atomic E-state index is 11.6. The summed E-state index contributed by atoms with van der Waals surface area (Å²) in [4.78, 5) is 16.2. The molecule has 0 saturated carbocycles. The molecular weight excluding hydrogens is 316 g/mol. The lowest BCUT2D eigenvalue weighted by atomic mass is 10.0. The first-order valence-corrected chi connectivity index (χ1v) is 6.90. The van der Waals surface area contributed by atoms with Crippen LogP contribution >= 0.6 is 15.9 Å². The van der Waals surface area contributed by atoms with Crippen molar-refractivity contribution in [3.8, 4) is 11.3 Å². The van der Waals surface area contributed by atoms with Gasteiger partial charge in [-0.3, -0.25) is 4.79 Å². The van der Waals surface area contributed by atoms with Gasteiger partial charge < -0.3 is 5.73 Å². The normalized spacial score (nSPS) is 10.7. The van der Waals surface area contributed by atoms with E-state index in [9.17, 15) is 4.79 Å². The van der Waals surface area contributed by atoms with Crippen molar-refractivity contribution in [2.75, 3.05) is 0 Å². The Morgan fingerprint density at radius 1 is 1.05 bits per heavy atom. The quantitative estimate of drug-likeness (QED) is 0.779. The van der Waals surface area contributed by atoms with Crippen LogP contribution in [0, 0.1) is 0 Å². The molecule has 2 aromatic carbocycles. The highest BCUT2D eigenvalue weighted by Gasteiger charge is 2.11. The zero-order valence-electron chi connectivity index (χ0n) is 10.5. The van der Waals surface area contributed by atoms with Crippen LogP contribution in [-0.4, -0.2) is 10.9 Å². The van der Waals surface area contributed by atoms with Gasteiger partial charge >= 0.3 is 0 Å². The second-order valence-electron chi connectivity index (χ2n) is 4.44. The molecular formula is C16H11BrN2O. The van der Waals surface area contributed by atoms with Gasteiger partial charge in [-0.15, -0.1) is 0 Å². The third kappa shape index (κ3) is 2.30. The Morgan fingerprint density at radius 2 is 1.75 bits per heavy atom. The van der Waals surface area contributed by atoms with Crippen LogP contribution in [0.1, 0.15) is 10.4 Å². The molecule has 0 saturated heterocycles. The minimum absolute atomic E-state index is 0.443. The topological polar surface area (TPSA) is 56.0 Å². The van der Waals surface area contributed by atoms with E-state index in [4.69, 9.17) is 5.73 Å². The predicted molar refractivity (Wildman–Crippen MR) is 83.4 cm³/mol. The van der Waals surface area contributed by atoms with Gasteiger partial charge in [0, 0.05) is 15.4 Å². The molecule has 1 amide bonds. The van der Waals surface area contributed by atoms with Gasteiger partial charge in [0.2, 0.25) is 5.91 Å². The van der Waals surface area contributed by atoms with Crippen LogP contribution in [0.3, 0.4) is 0 Å². The summed E-state index contributed by atoms with van der Waals surface area (Å²) < 4.78 is 0.997. The molecule has 1 heterocycles.